The number of ether oxygens (including phenoxy) is 1. The monoisotopic (exact) mass is 190 g/mol. The van der Waals surface area contributed by atoms with Crippen LogP contribution in [0.4, 0.5) is 5.69 Å². The summed E-state index contributed by atoms with van der Waals surface area (Å²) in [7, 11) is 0. The molecule has 3 heteroatoms. The molecule has 1 aliphatic rings. The van der Waals surface area contributed by atoms with Crippen molar-refractivity contribution in [3.63, 3.8) is 0 Å². The number of fused-ring (bicyclic) bond motifs is 1. The summed E-state index contributed by atoms with van der Waals surface area (Å²) in [6.45, 7) is 5.44. The molecule has 0 bridgehead atoms. The van der Waals surface area contributed by atoms with Gasteiger partial charge in [-0.25, -0.2) is 4.99 Å². The second-order valence-corrected chi connectivity index (χ2v) is 3.29. The van der Waals surface area contributed by atoms with Crippen molar-refractivity contribution >= 4 is 11.7 Å². The van der Waals surface area contributed by atoms with Gasteiger partial charge in [0.25, 0.3) is 6.02 Å². The maximum Gasteiger partial charge on any atom is 0.289 e. The van der Waals surface area contributed by atoms with E-state index in [1.54, 1.807) is 0 Å². The number of anilines is 1. The van der Waals surface area contributed by atoms with Crippen molar-refractivity contribution in [1.82, 2.24) is 0 Å². The number of rotatable bonds is 1. The smallest absolute Gasteiger partial charge is 0.289 e. The van der Waals surface area contributed by atoms with E-state index in [1.165, 1.54) is 11.1 Å². The predicted molar refractivity (Wildman–Crippen MR) is 57.6 cm³/mol. The SMILES string of the molecule is CCN=C1Nc2cccc(C)c2CO1. The van der Waals surface area contributed by atoms with Crippen molar-refractivity contribution in [2.24, 2.45) is 4.99 Å². The summed E-state index contributed by atoms with van der Waals surface area (Å²) in [5.41, 5.74) is 3.59. The van der Waals surface area contributed by atoms with E-state index >= 15 is 0 Å². The van der Waals surface area contributed by atoms with E-state index in [4.69, 9.17) is 4.74 Å². The fourth-order valence-corrected chi connectivity index (χ4v) is 1.53. The fraction of sp³-hybridized carbons (Fsp3) is 0.364. The lowest BCUT2D eigenvalue weighted by Crippen LogP contribution is -2.23. The Balaban J connectivity index is 2.31. The fourth-order valence-electron chi connectivity index (χ4n) is 1.53. The second kappa shape index (κ2) is 3.70. The molecule has 0 saturated heterocycles. The van der Waals surface area contributed by atoms with Gasteiger partial charge in [-0.15, -0.1) is 0 Å². The largest absolute Gasteiger partial charge is 0.460 e. The molecule has 2 rings (SSSR count). The minimum absolute atomic E-state index is 0.619. The van der Waals surface area contributed by atoms with Crippen LogP contribution in [0.25, 0.3) is 0 Å². The second-order valence-electron chi connectivity index (χ2n) is 3.29. The Morgan fingerprint density at radius 2 is 2.36 bits per heavy atom. The Hall–Kier alpha value is -1.51. The third kappa shape index (κ3) is 1.58. The molecule has 3 nitrogen and oxygen atoms in total. The minimum atomic E-state index is 0.619. The summed E-state index contributed by atoms with van der Waals surface area (Å²) >= 11 is 0. The molecule has 0 fully saturated rings. The highest BCUT2D eigenvalue weighted by Gasteiger charge is 2.14. The van der Waals surface area contributed by atoms with Gasteiger partial charge in [0.15, 0.2) is 0 Å². The molecule has 1 aromatic carbocycles. The van der Waals surface area contributed by atoms with Crippen LogP contribution in [0.5, 0.6) is 0 Å². The zero-order valence-electron chi connectivity index (χ0n) is 8.50. The normalized spacial score (nSPS) is 17.1. The maximum absolute atomic E-state index is 5.46. The zero-order valence-corrected chi connectivity index (χ0v) is 8.50. The Morgan fingerprint density at radius 3 is 3.14 bits per heavy atom. The van der Waals surface area contributed by atoms with Gasteiger partial charge in [-0.3, -0.25) is 0 Å². The van der Waals surface area contributed by atoms with Crippen LogP contribution in [0, 0.1) is 6.92 Å². The van der Waals surface area contributed by atoms with Gasteiger partial charge in [0, 0.05) is 17.8 Å². The zero-order chi connectivity index (χ0) is 9.97. The van der Waals surface area contributed by atoms with Crippen molar-refractivity contribution < 1.29 is 4.74 Å². The average molecular weight is 190 g/mol. The first-order valence-corrected chi connectivity index (χ1v) is 4.84. The molecule has 14 heavy (non-hydrogen) atoms. The Labute approximate surface area is 83.8 Å². The summed E-state index contributed by atoms with van der Waals surface area (Å²) in [6.07, 6.45) is 0. The van der Waals surface area contributed by atoms with Crippen LogP contribution in [0.3, 0.4) is 0 Å². The topological polar surface area (TPSA) is 33.6 Å². The Morgan fingerprint density at radius 1 is 1.50 bits per heavy atom. The van der Waals surface area contributed by atoms with Gasteiger partial charge in [0.2, 0.25) is 0 Å². The first-order chi connectivity index (χ1) is 6.81. The lowest BCUT2D eigenvalue weighted by atomic mass is 10.1. The molecule has 0 unspecified atom stereocenters. The molecule has 74 valence electrons. The van der Waals surface area contributed by atoms with Gasteiger partial charge in [0.05, 0.1) is 0 Å². The van der Waals surface area contributed by atoms with Gasteiger partial charge in [-0.2, -0.15) is 0 Å². The third-order valence-electron chi connectivity index (χ3n) is 2.31. The highest BCUT2D eigenvalue weighted by molar-refractivity contribution is 5.91. The van der Waals surface area contributed by atoms with Crippen LogP contribution >= 0.6 is 0 Å². The van der Waals surface area contributed by atoms with E-state index in [9.17, 15) is 0 Å². The predicted octanol–water partition coefficient (Wildman–Crippen LogP) is 2.31. The number of amidine groups is 1. The molecule has 0 radical (unpaired) electrons. The molecule has 1 N–H and O–H groups in total. The molecular formula is C11H14N2O. The number of hydrogen-bond donors (Lipinski definition) is 1. The molecule has 0 aliphatic carbocycles. The third-order valence-corrected chi connectivity index (χ3v) is 2.31. The molecule has 1 aliphatic heterocycles. The molecule has 1 heterocycles. The molecule has 0 spiro atoms. The number of nitrogens with one attached hydrogen (secondary N) is 1. The van der Waals surface area contributed by atoms with E-state index in [-0.39, 0.29) is 0 Å². The van der Waals surface area contributed by atoms with Crippen molar-refractivity contribution in [3.8, 4) is 0 Å². The van der Waals surface area contributed by atoms with Crippen molar-refractivity contribution in [1.29, 1.82) is 0 Å². The van der Waals surface area contributed by atoms with Gasteiger partial charge in [-0.05, 0) is 25.5 Å². The number of benzene rings is 1. The minimum Gasteiger partial charge on any atom is -0.460 e. The van der Waals surface area contributed by atoms with Gasteiger partial charge in [-0.1, -0.05) is 12.1 Å². The molecule has 1 aromatic rings. The van der Waals surface area contributed by atoms with E-state index in [2.05, 4.69) is 29.4 Å². The summed E-state index contributed by atoms with van der Waals surface area (Å²) in [4.78, 5) is 4.20. The van der Waals surface area contributed by atoms with E-state index in [0.29, 0.717) is 12.6 Å². The Kier molecular flexibility index (Phi) is 2.39. The van der Waals surface area contributed by atoms with E-state index < -0.39 is 0 Å². The van der Waals surface area contributed by atoms with Crippen molar-refractivity contribution in [3.05, 3.63) is 29.3 Å². The Bertz CT molecular complexity index is 372. The molecule has 0 amide bonds. The summed E-state index contributed by atoms with van der Waals surface area (Å²) in [6, 6.07) is 6.81. The summed E-state index contributed by atoms with van der Waals surface area (Å²) in [5, 5.41) is 3.17. The first kappa shape index (κ1) is 9.06. The van der Waals surface area contributed by atoms with Crippen LogP contribution in [0.2, 0.25) is 0 Å². The van der Waals surface area contributed by atoms with E-state index in [0.717, 1.165) is 12.2 Å². The number of aliphatic imine (C=N–C) groups is 1. The molecule has 0 atom stereocenters. The first-order valence-electron chi connectivity index (χ1n) is 4.84. The summed E-state index contributed by atoms with van der Waals surface area (Å²) in [5.74, 6) is 0. The molecular weight excluding hydrogens is 176 g/mol. The summed E-state index contributed by atoms with van der Waals surface area (Å²) < 4.78 is 5.46. The molecule has 0 aromatic heterocycles. The van der Waals surface area contributed by atoms with E-state index in [1.807, 2.05) is 13.0 Å². The average Bonchev–Trinajstić information content (AvgIpc) is 2.18. The van der Waals surface area contributed by atoms with Crippen molar-refractivity contribution in [2.45, 2.75) is 20.5 Å². The lowest BCUT2D eigenvalue weighted by molar-refractivity contribution is 0.284. The highest BCUT2D eigenvalue weighted by atomic mass is 16.5. The molecule has 0 saturated carbocycles. The van der Waals surface area contributed by atoms with Crippen LogP contribution in [0.15, 0.2) is 23.2 Å². The van der Waals surface area contributed by atoms with Gasteiger partial charge in [0.1, 0.15) is 6.61 Å². The highest BCUT2D eigenvalue weighted by Crippen LogP contribution is 2.24. The number of hydrogen-bond acceptors (Lipinski definition) is 2. The van der Waals surface area contributed by atoms with Crippen LogP contribution in [-0.2, 0) is 11.3 Å². The lowest BCUT2D eigenvalue weighted by Gasteiger charge is -2.21. The number of aryl methyl sites for hydroxylation is 1. The van der Waals surface area contributed by atoms with Gasteiger partial charge >= 0.3 is 0 Å². The quantitative estimate of drug-likeness (QED) is 0.737. The van der Waals surface area contributed by atoms with Crippen LogP contribution in [0.1, 0.15) is 18.1 Å². The maximum atomic E-state index is 5.46. The van der Waals surface area contributed by atoms with Gasteiger partial charge < -0.3 is 10.1 Å². The standard InChI is InChI=1S/C11H14N2O/c1-3-12-11-13-10-6-4-5-8(2)9(10)7-14-11/h4-6H,3,7H2,1-2H3,(H,12,13). The van der Waals surface area contributed by atoms with Crippen molar-refractivity contribution in [2.75, 3.05) is 11.9 Å². The van der Waals surface area contributed by atoms with Crippen LogP contribution in [-0.4, -0.2) is 12.6 Å². The van der Waals surface area contributed by atoms with Crippen LogP contribution < -0.4 is 5.32 Å². The number of nitrogens with zero attached hydrogens (tertiary/aromatic N) is 1.